The summed E-state index contributed by atoms with van der Waals surface area (Å²) in [4.78, 5) is 0. The molecule has 2 N–H and O–H groups in total. The lowest BCUT2D eigenvalue weighted by molar-refractivity contribution is 0.459. The predicted molar refractivity (Wildman–Crippen MR) is 75.8 cm³/mol. The van der Waals surface area contributed by atoms with Crippen LogP contribution in [0.4, 0.5) is 0 Å². The molecule has 2 aliphatic rings. The molecule has 0 bridgehead atoms. The minimum atomic E-state index is 0.698. The van der Waals surface area contributed by atoms with Crippen LogP contribution in [0.3, 0.4) is 0 Å². The summed E-state index contributed by atoms with van der Waals surface area (Å²) in [6, 6.07) is 9.72. The molecule has 2 heteroatoms. The number of benzene rings is 1. The lowest BCUT2D eigenvalue weighted by Crippen LogP contribution is -2.32. The Kier molecular flexibility index (Phi) is 3.96. The second-order valence-electron chi connectivity index (χ2n) is 5.75. The van der Waals surface area contributed by atoms with Gasteiger partial charge >= 0.3 is 0 Å². The molecule has 98 valence electrons. The fourth-order valence-corrected chi connectivity index (χ4v) is 3.43. The van der Waals surface area contributed by atoms with E-state index in [9.17, 15) is 0 Å². The van der Waals surface area contributed by atoms with E-state index < -0.39 is 0 Å². The molecule has 0 radical (unpaired) electrons. The Bertz CT molecular complexity index is 382. The van der Waals surface area contributed by atoms with Crippen molar-refractivity contribution in [1.29, 1.82) is 0 Å². The van der Waals surface area contributed by atoms with Crippen LogP contribution in [0.15, 0.2) is 24.3 Å². The molecule has 1 atom stereocenters. The van der Waals surface area contributed by atoms with Gasteiger partial charge in [0.15, 0.2) is 0 Å². The number of rotatable bonds is 4. The quantitative estimate of drug-likeness (QED) is 0.851. The van der Waals surface area contributed by atoms with Gasteiger partial charge in [-0.25, -0.2) is 0 Å². The van der Waals surface area contributed by atoms with Crippen LogP contribution in [0.25, 0.3) is 0 Å². The van der Waals surface area contributed by atoms with Gasteiger partial charge in [-0.2, -0.15) is 0 Å². The highest BCUT2D eigenvalue weighted by Gasteiger charge is 2.20. The Morgan fingerprint density at radius 1 is 1.17 bits per heavy atom. The smallest absolute Gasteiger partial charge is 0.0208 e. The van der Waals surface area contributed by atoms with Crippen LogP contribution < -0.4 is 10.6 Å². The van der Waals surface area contributed by atoms with Crippen molar-refractivity contribution in [2.75, 3.05) is 13.1 Å². The fraction of sp³-hybridized carbons (Fsp3) is 0.625. The van der Waals surface area contributed by atoms with Gasteiger partial charge in [-0.15, -0.1) is 0 Å². The molecule has 1 saturated carbocycles. The van der Waals surface area contributed by atoms with Gasteiger partial charge in [0.05, 0.1) is 0 Å². The topological polar surface area (TPSA) is 24.1 Å². The minimum Gasteiger partial charge on any atom is -0.314 e. The van der Waals surface area contributed by atoms with Crippen molar-refractivity contribution >= 4 is 0 Å². The van der Waals surface area contributed by atoms with Gasteiger partial charge in [0.25, 0.3) is 0 Å². The van der Waals surface area contributed by atoms with Crippen molar-refractivity contribution in [1.82, 2.24) is 10.6 Å². The van der Waals surface area contributed by atoms with Gasteiger partial charge in [0, 0.05) is 19.1 Å². The second kappa shape index (κ2) is 5.85. The van der Waals surface area contributed by atoms with E-state index in [1.165, 1.54) is 44.2 Å². The maximum absolute atomic E-state index is 3.73. The highest BCUT2D eigenvalue weighted by Crippen LogP contribution is 2.26. The monoisotopic (exact) mass is 244 g/mol. The lowest BCUT2D eigenvalue weighted by Gasteiger charge is -2.27. The summed E-state index contributed by atoms with van der Waals surface area (Å²) >= 11 is 0. The zero-order valence-corrected chi connectivity index (χ0v) is 11.1. The maximum Gasteiger partial charge on any atom is 0.0208 e. The third kappa shape index (κ3) is 2.76. The SMILES string of the molecule is c1ccc2c(c1)CNCC2CCNC1CCCC1. The first-order valence-corrected chi connectivity index (χ1v) is 7.45. The molecule has 1 unspecified atom stereocenters. The molecule has 1 aromatic rings. The first-order chi connectivity index (χ1) is 8.93. The second-order valence-corrected chi connectivity index (χ2v) is 5.75. The summed E-state index contributed by atoms with van der Waals surface area (Å²) in [6.45, 7) is 3.36. The van der Waals surface area contributed by atoms with Crippen LogP contribution >= 0.6 is 0 Å². The number of hydrogen-bond acceptors (Lipinski definition) is 2. The van der Waals surface area contributed by atoms with E-state index in [0.29, 0.717) is 5.92 Å². The molecule has 1 aromatic carbocycles. The Morgan fingerprint density at radius 3 is 2.89 bits per heavy atom. The van der Waals surface area contributed by atoms with Crippen molar-refractivity contribution in [3.05, 3.63) is 35.4 Å². The Balaban J connectivity index is 1.54. The van der Waals surface area contributed by atoms with Gasteiger partial charge in [-0.1, -0.05) is 37.1 Å². The Labute approximate surface area is 110 Å². The number of fused-ring (bicyclic) bond motifs is 1. The first kappa shape index (κ1) is 12.2. The predicted octanol–water partition coefficient (Wildman–Crippen LogP) is 2.80. The average Bonchev–Trinajstić information content (AvgIpc) is 2.92. The van der Waals surface area contributed by atoms with Crippen LogP contribution in [-0.4, -0.2) is 19.1 Å². The molecule has 0 amide bonds. The minimum absolute atomic E-state index is 0.698. The summed E-state index contributed by atoms with van der Waals surface area (Å²) in [6.07, 6.45) is 6.89. The molecule has 3 rings (SSSR count). The molecule has 0 aromatic heterocycles. The first-order valence-electron chi connectivity index (χ1n) is 7.45. The third-order valence-corrected chi connectivity index (χ3v) is 4.48. The number of nitrogens with one attached hydrogen (secondary N) is 2. The fourth-order valence-electron chi connectivity index (χ4n) is 3.43. The molecule has 2 nitrogen and oxygen atoms in total. The summed E-state index contributed by atoms with van der Waals surface area (Å²) in [5, 5.41) is 7.27. The van der Waals surface area contributed by atoms with Crippen LogP contribution in [0.5, 0.6) is 0 Å². The Hall–Kier alpha value is -0.860. The highest BCUT2D eigenvalue weighted by molar-refractivity contribution is 5.32. The van der Waals surface area contributed by atoms with E-state index in [-0.39, 0.29) is 0 Å². The molecule has 1 aliphatic heterocycles. The zero-order chi connectivity index (χ0) is 12.2. The largest absolute Gasteiger partial charge is 0.314 e. The van der Waals surface area contributed by atoms with Gasteiger partial charge < -0.3 is 10.6 Å². The van der Waals surface area contributed by atoms with E-state index in [4.69, 9.17) is 0 Å². The zero-order valence-electron chi connectivity index (χ0n) is 11.1. The third-order valence-electron chi connectivity index (χ3n) is 4.48. The van der Waals surface area contributed by atoms with Gasteiger partial charge in [-0.3, -0.25) is 0 Å². The van der Waals surface area contributed by atoms with E-state index in [2.05, 4.69) is 34.9 Å². The van der Waals surface area contributed by atoms with Crippen molar-refractivity contribution in [3.8, 4) is 0 Å². The summed E-state index contributed by atoms with van der Waals surface area (Å²) < 4.78 is 0. The van der Waals surface area contributed by atoms with Gasteiger partial charge in [0.2, 0.25) is 0 Å². The van der Waals surface area contributed by atoms with Crippen molar-refractivity contribution in [3.63, 3.8) is 0 Å². The van der Waals surface area contributed by atoms with E-state index in [0.717, 1.165) is 19.1 Å². The normalized spacial score (nSPS) is 24.1. The Morgan fingerprint density at radius 2 is 2.00 bits per heavy atom. The van der Waals surface area contributed by atoms with Crippen LogP contribution in [0.2, 0.25) is 0 Å². The molecule has 1 aliphatic carbocycles. The maximum atomic E-state index is 3.73. The summed E-state index contributed by atoms with van der Waals surface area (Å²) in [5.41, 5.74) is 3.07. The van der Waals surface area contributed by atoms with E-state index in [1.54, 1.807) is 5.56 Å². The molecular formula is C16H24N2. The molecular weight excluding hydrogens is 220 g/mol. The van der Waals surface area contributed by atoms with E-state index in [1.807, 2.05) is 0 Å². The lowest BCUT2D eigenvalue weighted by atomic mass is 9.88. The van der Waals surface area contributed by atoms with Crippen molar-refractivity contribution in [2.45, 2.75) is 50.6 Å². The van der Waals surface area contributed by atoms with Gasteiger partial charge in [0.1, 0.15) is 0 Å². The molecule has 1 heterocycles. The molecule has 1 fully saturated rings. The highest BCUT2D eigenvalue weighted by atomic mass is 14.9. The molecule has 0 spiro atoms. The van der Waals surface area contributed by atoms with Gasteiger partial charge in [-0.05, 0) is 42.9 Å². The molecule has 0 saturated heterocycles. The van der Waals surface area contributed by atoms with Crippen LogP contribution in [0.1, 0.15) is 49.1 Å². The van der Waals surface area contributed by atoms with Crippen molar-refractivity contribution in [2.24, 2.45) is 0 Å². The van der Waals surface area contributed by atoms with Crippen LogP contribution in [-0.2, 0) is 6.54 Å². The number of hydrogen-bond donors (Lipinski definition) is 2. The standard InChI is InChI=1S/C16H24N2/c1-4-8-16-13(5-1)11-17-12-14(16)9-10-18-15-6-2-3-7-15/h1,4-5,8,14-15,17-18H,2-3,6-7,9-12H2. The van der Waals surface area contributed by atoms with E-state index >= 15 is 0 Å². The summed E-state index contributed by atoms with van der Waals surface area (Å²) in [5.74, 6) is 0.698. The summed E-state index contributed by atoms with van der Waals surface area (Å²) in [7, 11) is 0. The van der Waals surface area contributed by atoms with Crippen molar-refractivity contribution < 1.29 is 0 Å². The average molecular weight is 244 g/mol. The van der Waals surface area contributed by atoms with Crippen LogP contribution in [0, 0.1) is 0 Å². The molecule has 18 heavy (non-hydrogen) atoms.